The number of halogens is 1. The molecule has 2 rings (SSSR count). The van der Waals surface area contributed by atoms with Crippen LogP contribution in [0.1, 0.15) is 6.42 Å². The van der Waals surface area contributed by atoms with E-state index >= 15 is 0 Å². The van der Waals surface area contributed by atoms with Crippen LogP contribution in [-0.2, 0) is 0 Å². The zero-order chi connectivity index (χ0) is 11.9. The molecule has 0 spiro atoms. The molecule has 0 aliphatic carbocycles. The maximum absolute atomic E-state index is 12.7. The topological polar surface area (TPSA) is 15.3 Å². The quantitative estimate of drug-likeness (QED) is 0.640. The summed E-state index contributed by atoms with van der Waals surface area (Å²) in [5.41, 5.74) is 0. The third-order valence-electron chi connectivity index (χ3n) is 2.91. The molecular weight excluding hydrogens is 235 g/mol. The fourth-order valence-corrected chi connectivity index (χ4v) is 2.78. The fraction of sp³-hybridized carbons (Fsp3) is 0.538. The average molecular weight is 254 g/mol. The molecule has 1 fully saturated rings. The first-order chi connectivity index (χ1) is 8.34. The van der Waals surface area contributed by atoms with Crippen LogP contribution in [0, 0.1) is 5.82 Å². The van der Waals surface area contributed by atoms with Crippen LogP contribution in [0.3, 0.4) is 0 Å². The number of rotatable bonds is 5. The molecule has 94 valence electrons. The Morgan fingerprint density at radius 3 is 2.59 bits per heavy atom. The number of nitrogens with zero attached hydrogens (tertiary/aromatic N) is 1. The van der Waals surface area contributed by atoms with E-state index in [0.29, 0.717) is 0 Å². The molecule has 1 aliphatic rings. The van der Waals surface area contributed by atoms with Crippen LogP contribution in [0.4, 0.5) is 4.39 Å². The molecular formula is C13H19FN2S. The highest BCUT2D eigenvalue weighted by molar-refractivity contribution is 7.99. The molecule has 2 nitrogen and oxygen atoms in total. The van der Waals surface area contributed by atoms with E-state index in [4.69, 9.17) is 0 Å². The number of hydrogen-bond donors (Lipinski definition) is 1. The second kappa shape index (κ2) is 6.99. The Morgan fingerprint density at radius 2 is 1.88 bits per heavy atom. The number of piperazine rings is 1. The zero-order valence-electron chi connectivity index (χ0n) is 9.99. The van der Waals surface area contributed by atoms with Crippen LogP contribution in [0.5, 0.6) is 0 Å². The second-order valence-corrected chi connectivity index (χ2v) is 5.42. The Kier molecular flexibility index (Phi) is 5.29. The van der Waals surface area contributed by atoms with Crippen molar-refractivity contribution in [2.75, 3.05) is 38.5 Å². The van der Waals surface area contributed by atoms with E-state index in [0.717, 1.165) is 23.7 Å². The minimum absolute atomic E-state index is 0.157. The third kappa shape index (κ3) is 4.66. The molecule has 4 heteroatoms. The average Bonchev–Trinajstić information content (AvgIpc) is 2.38. The lowest BCUT2D eigenvalue weighted by Crippen LogP contribution is -2.43. The molecule has 1 aromatic rings. The lowest BCUT2D eigenvalue weighted by Gasteiger charge is -2.26. The summed E-state index contributed by atoms with van der Waals surface area (Å²) in [6.45, 7) is 5.74. The van der Waals surface area contributed by atoms with Crippen molar-refractivity contribution in [3.05, 3.63) is 30.1 Å². The van der Waals surface area contributed by atoms with Gasteiger partial charge in [0.1, 0.15) is 5.82 Å². The first kappa shape index (κ1) is 12.9. The first-order valence-electron chi connectivity index (χ1n) is 6.16. The summed E-state index contributed by atoms with van der Waals surface area (Å²) >= 11 is 1.81. The molecule has 17 heavy (non-hydrogen) atoms. The van der Waals surface area contributed by atoms with Gasteiger partial charge in [0.05, 0.1) is 0 Å². The van der Waals surface area contributed by atoms with Gasteiger partial charge >= 0.3 is 0 Å². The van der Waals surface area contributed by atoms with Crippen LogP contribution < -0.4 is 5.32 Å². The van der Waals surface area contributed by atoms with Gasteiger partial charge in [-0.25, -0.2) is 4.39 Å². The van der Waals surface area contributed by atoms with Gasteiger partial charge in [-0.2, -0.15) is 0 Å². The summed E-state index contributed by atoms with van der Waals surface area (Å²) in [5, 5.41) is 3.35. The summed E-state index contributed by atoms with van der Waals surface area (Å²) in [7, 11) is 0. The van der Waals surface area contributed by atoms with Gasteiger partial charge in [-0.15, -0.1) is 11.8 Å². The molecule has 0 bridgehead atoms. The normalized spacial score (nSPS) is 17.2. The summed E-state index contributed by atoms with van der Waals surface area (Å²) in [6, 6.07) is 6.76. The maximum atomic E-state index is 12.7. The van der Waals surface area contributed by atoms with Gasteiger partial charge in [-0.05, 0) is 43.0 Å². The smallest absolute Gasteiger partial charge is 0.123 e. The summed E-state index contributed by atoms with van der Waals surface area (Å²) in [6.07, 6.45) is 1.20. The van der Waals surface area contributed by atoms with Gasteiger partial charge in [0.15, 0.2) is 0 Å². The van der Waals surface area contributed by atoms with Gasteiger partial charge < -0.3 is 10.2 Å². The number of benzene rings is 1. The lowest BCUT2D eigenvalue weighted by atomic mass is 10.3. The molecule has 1 N–H and O–H groups in total. The number of nitrogens with one attached hydrogen (secondary N) is 1. The highest BCUT2D eigenvalue weighted by Crippen LogP contribution is 2.18. The molecule has 1 heterocycles. The third-order valence-corrected chi connectivity index (χ3v) is 4.01. The Morgan fingerprint density at radius 1 is 1.18 bits per heavy atom. The van der Waals surface area contributed by atoms with E-state index in [1.807, 2.05) is 23.9 Å². The van der Waals surface area contributed by atoms with Gasteiger partial charge in [0.25, 0.3) is 0 Å². The highest BCUT2D eigenvalue weighted by atomic mass is 32.2. The second-order valence-electron chi connectivity index (χ2n) is 4.25. The molecule has 0 aromatic heterocycles. The van der Waals surface area contributed by atoms with E-state index in [2.05, 4.69) is 10.2 Å². The van der Waals surface area contributed by atoms with E-state index in [1.54, 1.807) is 0 Å². The summed E-state index contributed by atoms with van der Waals surface area (Å²) in [4.78, 5) is 3.66. The zero-order valence-corrected chi connectivity index (χ0v) is 10.8. The monoisotopic (exact) mass is 254 g/mol. The van der Waals surface area contributed by atoms with Gasteiger partial charge in [0, 0.05) is 31.1 Å². The predicted molar refractivity (Wildman–Crippen MR) is 71.1 cm³/mol. The minimum Gasteiger partial charge on any atom is -0.314 e. The summed E-state index contributed by atoms with van der Waals surface area (Å²) < 4.78 is 12.7. The predicted octanol–water partition coefficient (Wildman–Crippen LogP) is 2.21. The van der Waals surface area contributed by atoms with Crippen molar-refractivity contribution in [3.8, 4) is 0 Å². The van der Waals surface area contributed by atoms with E-state index in [1.165, 1.54) is 38.2 Å². The molecule has 1 aromatic carbocycles. The van der Waals surface area contributed by atoms with Gasteiger partial charge in [0.2, 0.25) is 0 Å². The molecule has 1 aliphatic heterocycles. The molecule has 1 saturated heterocycles. The Labute approximate surface area is 107 Å². The molecule has 0 atom stereocenters. The molecule has 0 amide bonds. The highest BCUT2D eigenvalue weighted by Gasteiger charge is 2.08. The van der Waals surface area contributed by atoms with Gasteiger partial charge in [-0.3, -0.25) is 0 Å². The van der Waals surface area contributed by atoms with Crippen molar-refractivity contribution < 1.29 is 4.39 Å². The van der Waals surface area contributed by atoms with Crippen LogP contribution in [0.2, 0.25) is 0 Å². The molecule has 0 unspecified atom stereocenters. The SMILES string of the molecule is Fc1ccc(SCCCN2CCNCC2)cc1. The molecule has 0 saturated carbocycles. The van der Waals surface area contributed by atoms with Crippen molar-refractivity contribution in [1.82, 2.24) is 10.2 Å². The van der Waals surface area contributed by atoms with Crippen molar-refractivity contribution in [2.24, 2.45) is 0 Å². The van der Waals surface area contributed by atoms with Crippen molar-refractivity contribution >= 4 is 11.8 Å². The number of hydrogen-bond acceptors (Lipinski definition) is 3. The minimum atomic E-state index is -0.157. The maximum Gasteiger partial charge on any atom is 0.123 e. The van der Waals surface area contributed by atoms with Crippen LogP contribution in [-0.4, -0.2) is 43.4 Å². The Bertz CT molecular complexity index is 323. The number of thioether (sulfide) groups is 1. The standard InChI is InChI=1S/C13H19FN2S/c14-12-2-4-13(5-3-12)17-11-1-8-16-9-6-15-7-10-16/h2-5,15H,1,6-11H2. The van der Waals surface area contributed by atoms with Crippen molar-refractivity contribution in [1.29, 1.82) is 0 Å². The van der Waals surface area contributed by atoms with Crippen molar-refractivity contribution in [2.45, 2.75) is 11.3 Å². The van der Waals surface area contributed by atoms with E-state index < -0.39 is 0 Å². The Hall–Kier alpha value is -0.580. The van der Waals surface area contributed by atoms with E-state index in [9.17, 15) is 4.39 Å². The van der Waals surface area contributed by atoms with E-state index in [-0.39, 0.29) is 5.82 Å². The van der Waals surface area contributed by atoms with Crippen LogP contribution >= 0.6 is 11.8 Å². The summed E-state index contributed by atoms with van der Waals surface area (Å²) in [5.74, 6) is 0.949. The molecule has 0 radical (unpaired) electrons. The van der Waals surface area contributed by atoms with Crippen LogP contribution in [0.15, 0.2) is 29.2 Å². The largest absolute Gasteiger partial charge is 0.314 e. The lowest BCUT2D eigenvalue weighted by molar-refractivity contribution is 0.242. The fourth-order valence-electron chi connectivity index (χ4n) is 1.94. The van der Waals surface area contributed by atoms with Crippen LogP contribution in [0.25, 0.3) is 0 Å². The first-order valence-corrected chi connectivity index (χ1v) is 7.14. The van der Waals surface area contributed by atoms with Gasteiger partial charge in [-0.1, -0.05) is 0 Å². The van der Waals surface area contributed by atoms with Crippen molar-refractivity contribution in [3.63, 3.8) is 0 Å². The Balaban J connectivity index is 1.60.